The molecule has 0 fully saturated rings. The van der Waals surface area contributed by atoms with Crippen LogP contribution >= 0.6 is 27.5 Å². The standard InChI is InChI=1S/C16H23BrClN5O/c1-6-22-8-13(18)14(20-22)9-21(5)16(24)10(2)7-23-12(4)15(17)11(3)19-23/h8,10H,6-7,9H2,1-5H3. The lowest BCUT2D eigenvalue weighted by Crippen LogP contribution is -2.33. The average Bonchev–Trinajstić information content (AvgIpc) is 3.01. The first kappa shape index (κ1) is 19.0. The number of aromatic nitrogens is 4. The van der Waals surface area contributed by atoms with Gasteiger partial charge in [0.1, 0.15) is 5.69 Å². The van der Waals surface area contributed by atoms with Gasteiger partial charge in [-0.2, -0.15) is 10.2 Å². The molecule has 1 unspecified atom stereocenters. The fraction of sp³-hybridized carbons (Fsp3) is 0.562. The number of carbonyl (C=O) groups is 1. The van der Waals surface area contributed by atoms with Crippen LogP contribution in [-0.4, -0.2) is 37.4 Å². The molecule has 2 aromatic rings. The second-order valence-corrected chi connectivity index (χ2v) is 7.24. The number of nitrogens with zero attached hydrogens (tertiary/aromatic N) is 5. The van der Waals surface area contributed by atoms with Crippen molar-refractivity contribution in [3.63, 3.8) is 0 Å². The fourth-order valence-corrected chi connectivity index (χ4v) is 3.07. The van der Waals surface area contributed by atoms with Gasteiger partial charge in [-0.3, -0.25) is 14.2 Å². The van der Waals surface area contributed by atoms with Crippen molar-refractivity contribution in [1.29, 1.82) is 0 Å². The summed E-state index contributed by atoms with van der Waals surface area (Å²) in [4.78, 5) is 14.3. The molecule has 1 atom stereocenters. The molecule has 0 aliphatic rings. The van der Waals surface area contributed by atoms with E-state index in [0.29, 0.717) is 18.1 Å². The van der Waals surface area contributed by atoms with E-state index in [1.54, 1.807) is 22.8 Å². The van der Waals surface area contributed by atoms with Crippen molar-refractivity contribution in [1.82, 2.24) is 24.5 Å². The molecule has 0 spiro atoms. The van der Waals surface area contributed by atoms with E-state index in [0.717, 1.165) is 28.1 Å². The van der Waals surface area contributed by atoms with Gasteiger partial charge in [0, 0.05) is 25.5 Å². The molecule has 0 N–H and O–H groups in total. The molecular formula is C16H23BrClN5O. The molecule has 0 saturated carbocycles. The minimum absolute atomic E-state index is 0.0424. The highest BCUT2D eigenvalue weighted by molar-refractivity contribution is 9.10. The van der Waals surface area contributed by atoms with Crippen molar-refractivity contribution in [2.24, 2.45) is 5.92 Å². The number of amides is 1. The van der Waals surface area contributed by atoms with E-state index in [2.05, 4.69) is 26.1 Å². The first-order valence-corrected chi connectivity index (χ1v) is 9.08. The maximum absolute atomic E-state index is 12.6. The number of halogens is 2. The van der Waals surface area contributed by atoms with Gasteiger partial charge in [-0.25, -0.2) is 0 Å². The molecule has 0 aliphatic heterocycles. The molecule has 0 aliphatic carbocycles. The number of rotatable bonds is 6. The first-order chi connectivity index (χ1) is 11.2. The normalized spacial score (nSPS) is 12.5. The zero-order chi connectivity index (χ0) is 18.0. The molecule has 24 heavy (non-hydrogen) atoms. The third-order valence-corrected chi connectivity index (χ3v) is 5.50. The summed E-state index contributed by atoms with van der Waals surface area (Å²) in [7, 11) is 1.78. The number of hydrogen-bond donors (Lipinski definition) is 0. The van der Waals surface area contributed by atoms with E-state index in [9.17, 15) is 4.79 Å². The Labute approximate surface area is 155 Å². The summed E-state index contributed by atoms with van der Waals surface area (Å²) in [6, 6.07) is 0. The lowest BCUT2D eigenvalue weighted by Gasteiger charge is -2.21. The van der Waals surface area contributed by atoms with Crippen LogP contribution in [-0.2, 0) is 24.4 Å². The average molecular weight is 417 g/mol. The van der Waals surface area contributed by atoms with Crippen molar-refractivity contribution >= 4 is 33.4 Å². The summed E-state index contributed by atoms with van der Waals surface area (Å²) in [5, 5.41) is 9.45. The van der Waals surface area contributed by atoms with Crippen molar-refractivity contribution in [3.05, 3.63) is 32.8 Å². The Kier molecular flexibility index (Phi) is 6.09. The third kappa shape index (κ3) is 4.00. The van der Waals surface area contributed by atoms with Crippen molar-refractivity contribution in [3.8, 4) is 0 Å². The maximum Gasteiger partial charge on any atom is 0.227 e. The van der Waals surface area contributed by atoms with Crippen molar-refractivity contribution in [2.75, 3.05) is 7.05 Å². The predicted octanol–water partition coefficient (Wildman–Crippen LogP) is 3.43. The molecule has 0 aromatic carbocycles. The van der Waals surface area contributed by atoms with Gasteiger partial charge in [0.2, 0.25) is 5.91 Å². The monoisotopic (exact) mass is 415 g/mol. The lowest BCUT2D eigenvalue weighted by atomic mass is 10.1. The molecule has 2 heterocycles. The molecule has 6 nitrogen and oxygen atoms in total. The van der Waals surface area contributed by atoms with Crippen LogP contribution in [0.5, 0.6) is 0 Å². The number of aryl methyl sites for hydroxylation is 2. The molecule has 2 rings (SSSR count). The summed E-state index contributed by atoms with van der Waals surface area (Å²) < 4.78 is 4.63. The van der Waals surface area contributed by atoms with E-state index in [-0.39, 0.29) is 11.8 Å². The summed E-state index contributed by atoms with van der Waals surface area (Å²) >= 11 is 9.70. The van der Waals surface area contributed by atoms with E-state index in [1.807, 2.05) is 32.4 Å². The van der Waals surface area contributed by atoms with Gasteiger partial charge >= 0.3 is 0 Å². The maximum atomic E-state index is 12.6. The van der Waals surface area contributed by atoms with Gasteiger partial charge < -0.3 is 4.90 Å². The zero-order valence-corrected chi connectivity index (χ0v) is 17.0. The van der Waals surface area contributed by atoms with Crippen LogP contribution in [0.4, 0.5) is 0 Å². The Morgan fingerprint density at radius 3 is 2.58 bits per heavy atom. The SMILES string of the molecule is CCn1cc(Cl)c(CN(C)C(=O)C(C)Cn2nc(C)c(Br)c2C)n1. The topological polar surface area (TPSA) is 56.0 Å². The zero-order valence-electron chi connectivity index (χ0n) is 14.7. The Bertz CT molecular complexity index is 739. The van der Waals surface area contributed by atoms with Gasteiger partial charge in [0.05, 0.1) is 34.2 Å². The van der Waals surface area contributed by atoms with Crippen LogP contribution in [0.2, 0.25) is 5.02 Å². The lowest BCUT2D eigenvalue weighted by molar-refractivity contribution is -0.134. The van der Waals surface area contributed by atoms with Crippen LogP contribution < -0.4 is 0 Å². The number of carbonyl (C=O) groups excluding carboxylic acids is 1. The minimum Gasteiger partial charge on any atom is -0.339 e. The van der Waals surface area contributed by atoms with E-state index in [1.165, 1.54) is 0 Å². The highest BCUT2D eigenvalue weighted by Gasteiger charge is 2.22. The van der Waals surface area contributed by atoms with Crippen LogP contribution in [0.1, 0.15) is 30.9 Å². The van der Waals surface area contributed by atoms with E-state index < -0.39 is 0 Å². The second kappa shape index (κ2) is 7.70. The van der Waals surface area contributed by atoms with Crippen LogP contribution in [0, 0.1) is 19.8 Å². The van der Waals surface area contributed by atoms with Crippen LogP contribution in [0.3, 0.4) is 0 Å². The molecule has 0 bridgehead atoms. The third-order valence-electron chi connectivity index (χ3n) is 4.04. The van der Waals surface area contributed by atoms with Crippen molar-refractivity contribution in [2.45, 2.75) is 47.3 Å². The predicted molar refractivity (Wildman–Crippen MR) is 98.0 cm³/mol. The molecule has 132 valence electrons. The van der Waals surface area contributed by atoms with E-state index in [4.69, 9.17) is 11.6 Å². The van der Waals surface area contributed by atoms with Crippen molar-refractivity contribution < 1.29 is 4.79 Å². The quantitative estimate of drug-likeness (QED) is 0.725. The molecule has 8 heteroatoms. The van der Waals surface area contributed by atoms with Gasteiger partial charge in [0.15, 0.2) is 0 Å². The number of hydrogen-bond acceptors (Lipinski definition) is 3. The Balaban J connectivity index is 2.03. The summed E-state index contributed by atoms with van der Waals surface area (Å²) in [6.07, 6.45) is 1.78. The Morgan fingerprint density at radius 1 is 1.42 bits per heavy atom. The van der Waals surface area contributed by atoms with Crippen LogP contribution in [0.25, 0.3) is 0 Å². The minimum atomic E-state index is -0.188. The highest BCUT2D eigenvalue weighted by atomic mass is 79.9. The summed E-state index contributed by atoms with van der Waals surface area (Å²) in [5.74, 6) is -0.146. The highest BCUT2D eigenvalue weighted by Crippen LogP contribution is 2.21. The van der Waals surface area contributed by atoms with Gasteiger partial charge in [-0.1, -0.05) is 18.5 Å². The molecule has 2 aromatic heterocycles. The smallest absolute Gasteiger partial charge is 0.227 e. The van der Waals surface area contributed by atoms with Gasteiger partial charge in [0.25, 0.3) is 0 Å². The Hall–Kier alpha value is -1.34. The Morgan fingerprint density at radius 2 is 2.08 bits per heavy atom. The fourth-order valence-electron chi connectivity index (χ4n) is 2.58. The second-order valence-electron chi connectivity index (χ2n) is 6.04. The molecule has 1 amide bonds. The van der Waals surface area contributed by atoms with Crippen LogP contribution in [0.15, 0.2) is 10.7 Å². The van der Waals surface area contributed by atoms with E-state index >= 15 is 0 Å². The largest absolute Gasteiger partial charge is 0.339 e. The first-order valence-electron chi connectivity index (χ1n) is 7.90. The molecule has 0 saturated heterocycles. The van der Waals surface area contributed by atoms with Gasteiger partial charge in [-0.05, 0) is 36.7 Å². The van der Waals surface area contributed by atoms with Gasteiger partial charge in [-0.15, -0.1) is 0 Å². The summed E-state index contributed by atoms with van der Waals surface area (Å²) in [5.41, 5.74) is 2.67. The molecule has 0 radical (unpaired) electrons. The molecular weight excluding hydrogens is 394 g/mol. The summed E-state index contributed by atoms with van der Waals surface area (Å²) in [6.45, 7) is 9.53.